The molecule has 26 heavy (non-hydrogen) atoms. The zero-order chi connectivity index (χ0) is 19.1. The van der Waals surface area contributed by atoms with E-state index >= 15 is 0 Å². The molecular weight excluding hydrogens is 342 g/mol. The van der Waals surface area contributed by atoms with Crippen LogP contribution in [0, 0.1) is 5.82 Å². The van der Waals surface area contributed by atoms with Crippen molar-refractivity contribution in [2.75, 3.05) is 13.1 Å². The smallest absolute Gasteiger partial charge is 0.444 e. The van der Waals surface area contributed by atoms with Crippen molar-refractivity contribution >= 4 is 19.1 Å². The number of carbonyl (C=O) groups is 2. The van der Waals surface area contributed by atoms with Crippen molar-refractivity contribution in [2.45, 2.75) is 31.3 Å². The summed E-state index contributed by atoms with van der Waals surface area (Å²) < 4.78 is 18.2. The van der Waals surface area contributed by atoms with E-state index in [-0.39, 0.29) is 18.9 Å². The van der Waals surface area contributed by atoms with Gasteiger partial charge >= 0.3 is 13.2 Å². The summed E-state index contributed by atoms with van der Waals surface area (Å²) in [5, 5.41) is 21.4. The Hall–Kier alpha value is -2.39. The number of nitrogens with one attached hydrogen (secondary N) is 1. The first-order chi connectivity index (χ1) is 12.4. The van der Waals surface area contributed by atoms with Crippen LogP contribution >= 0.6 is 0 Å². The van der Waals surface area contributed by atoms with E-state index in [1.165, 1.54) is 30.3 Å². The van der Waals surface area contributed by atoms with E-state index in [2.05, 4.69) is 11.9 Å². The van der Waals surface area contributed by atoms with E-state index < -0.39 is 31.1 Å². The molecule has 0 radical (unpaired) electrons. The largest absolute Gasteiger partial charge is 0.475 e. The lowest BCUT2D eigenvalue weighted by molar-refractivity contribution is -0.129. The topological polar surface area (TPSA) is 99.1 Å². The molecule has 0 bridgehead atoms. The van der Waals surface area contributed by atoms with Crippen LogP contribution in [0.5, 0.6) is 0 Å². The molecule has 1 fully saturated rings. The van der Waals surface area contributed by atoms with Crippen molar-refractivity contribution in [3.63, 3.8) is 0 Å². The number of likely N-dealkylation sites (tertiary alicyclic amines) is 1. The van der Waals surface area contributed by atoms with Crippen LogP contribution in [0.15, 0.2) is 36.9 Å². The van der Waals surface area contributed by atoms with E-state index in [4.69, 9.17) is 4.74 Å². The van der Waals surface area contributed by atoms with Gasteiger partial charge in [0, 0.05) is 6.54 Å². The Kier molecular flexibility index (Phi) is 7.17. The van der Waals surface area contributed by atoms with Crippen LogP contribution in [0.4, 0.5) is 9.18 Å². The van der Waals surface area contributed by atoms with Crippen molar-refractivity contribution in [1.82, 2.24) is 10.2 Å². The summed E-state index contributed by atoms with van der Waals surface area (Å²) in [6.45, 7) is 4.28. The molecule has 0 saturated carbocycles. The molecule has 0 spiro atoms. The Bertz CT molecular complexity index is 641. The van der Waals surface area contributed by atoms with E-state index in [9.17, 15) is 24.0 Å². The fourth-order valence-electron chi connectivity index (χ4n) is 2.81. The third-order valence-corrected chi connectivity index (χ3v) is 4.17. The molecule has 1 heterocycles. The molecule has 1 saturated heterocycles. The highest BCUT2D eigenvalue weighted by Gasteiger charge is 2.29. The fourth-order valence-corrected chi connectivity index (χ4v) is 2.81. The highest BCUT2D eigenvalue weighted by Crippen LogP contribution is 2.14. The first-order valence-electron chi connectivity index (χ1n) is 8.38. The molecule has 9 heteroatoms. The molecular formula is C17H22BFN2O5. The minimum atomic E-state index is -1.81. The number of amides is 2. The van der Waals surface area contributed by atoms with Crippen LogP contribution in [-0.2, 0) is 16.0 Å². The molecule has 1 unspecified atom stereocenters. The summed E-state index contributed by atoms with van der Waals surface area (Å²) in [5.41, 5.74) is 0.630. The molecule has 2 atom stereocenters. The van der Waals surface area contributed by atoms with E-state index in [0.29, 0.717) is 24.9 Å². The number of piperidine rings is 1. The average molecular weight is 364 g/mol. The van der Waals surface area contributed by atoms with Crippen LogP contribution < -0.4 is 5.32 Å². The lowest BCUT2D eigenvalue weighted by atomic mass is 9.76. The number of rotatable bonds is 6. The third-order valence-electron chi connectivity index (χ3n) is 4.17. The SMILES string of the molecule is C=CC(=O)N1CCC[C@H](OC(=O)NC(Cc2ccc(F)cc2)B(O)O)C1. The summed E-state index contributed by atoms with van der Waals surface area (Å²) in [6, 6.07) is 5.50. The molecule has 1 aliphatic heterocycles. The van der Waals surface area contributed by atoms with E-state index in [0.717, 1.165) is 0 Å². The van der Waals surface area contributed by atoms with Crippen molar-refractivity contribution in [3.8, 4) is 0 Å². The summed E-state index contributed by atoms with van der Waals surface area (Å²) >= 11 is 0. The summed E-state index contributed by atoms with van der Waals surface area (Å²) in [6.07, 6.45) is 1.33. The number of benzene rings is 1. The maximum Gasteiger partial charge on any atom is 0.475 e. The van der Waals surface area contributed by atoms with Crippen LogP contribution in [0.2, 0.25) is 0 Å². The minimum Gasteiger partial charge on any atom is -0.444 e. The second-order valence-corrected chi connectivity index (χ2v) is 6.15. The number of alkyl carbamates (subject to hydrolysis) is 1. The molecule has 2 rings (SSSR count). The van der Waals surface area contributed by atoms with Crippen LogP contribution in [0.1, 0.15) is 18.4 Å². The Morgan fingerprint density at radius 2 is 2.12 bits per heavy atom. The van der Waals surface area contributed by atoms with Crippen molar-refractivity contribution in [1.29, 1.82) is 0 Å². The number of nitrogens with zero attached hydrogens (tertiary/aromatic N) is 1. The number of halogens is 1. The van der Waals surface area contributed by atoms with Gasteiger partial charge in [-0.25, -0.2) is 9.18 Å². The Balaban J connectivity index is 1.89. The molecule has 7 nitrogen and oxygen atoms in total. The zero-order valence-electron chi connectivity index (χ0n) is 14.3. The van der Waals surface area contributed by atoms with Crippen LogP contribution in [-0.4, -0.2) is 59.2 Å². The predicted molar refractivity (Wildman–Crippen MR) is 93.5 cm³/mol. The average Bonchev–Trinajstić information content (AvgIpc) is 2.62. The van der Waals surface area contributed by atoms with Gasteiger partial charge in [-0.1, -0.05) is 18.7 Å². The molecule has 3 N–H and O–H groups in total. The lowest BCUT2D eigenvalue weighted by Crippen LogP contribution is -2.50. The van der Waals surface area contributed by atoms with Crippen LogP contribution in [0.3, 0.4) is 0 Å². The minimum absolute atomic E-state index is 0.0960. The number of hydrogen-bond acceptors (Lipinski definition) is 5. The molecule has 0 aromatic heterocycles. The molecule has 1 aromatic carbocycles. The van der Waals surface area contributed by atoms with Crippen molar-refractivity contribution < 1.29 is 28.8 Å². The second-order valence-electron chi connectivity index (χ2n) is 6.15. The molecule has 1 aliphatic rings. The van der Waals surface area contributed by atoms with E-state index in [1.807, 2.05) is 0 Å². The maximum absolute atomic E-state index is 12.9. The number of carbonyl (C=O) groups excluding carboxylic acids is 2. The normalized spacial score (nSPS) is 18.0. The van der Waals surface area contributed by atoms with Gasteiger partial charge in [0.25, 0.3) is 0 Å². The Labute approximate surface area is 151 Å². The number of hydrogen-bond donors (Lipinski definition) is 3. The highest BCUT2D eigenvalue weighted by atomic mass is 19.1. The molecule has 0 aliphatic carbocycles. The van der Waals surface area contributed by atoms with Crippen molar-refractivity contribution in [3.05, 3.63) is 48.3 Å². The van der Waals surface area contributed by atoms with Gasteiger partial charge in [0.15, 0.2) is 0 Å². The van der Waals surface area contributed by atoms with Gasteiger partial charge in [0.2, 0.25) is 5.91 Å². The summed E-state index contributed by atoms with van der Waals surface area (Å²) in [7, 11) is -1.81. The monoisotopic (exact) mass is 364 g/mol. The third kappa shape index (κ3) is 5.85. The van der Waals surface area contributed by atoms with Gasteiger partial charge in [-0.3, -0.25) is 4.79 Å². The first-order valence-corrected chi connectivity index (χ1v) is 8.38. The van der Waals surface area contributed by atoms with Gasteiger partial charge in [-0.15, -0.1) is 0 Å². The van der Waals surface area contributed by atoms with Crippen LogP contribution in [0.25, 0.3) is 0 Å². The van der Waals surface area contributed by atoms with Gasteiger partial charge < -0.3 is 25.0 Å². The second kappa shape index (κ2) is 9.35. The first kappa shape index (κ1) is 19.9. The standard InChI is InChI=1S/C17H22BFN2O5/c1-2-16(22)21-9-3-4-14(11-21)26-17(23)20-15(18(24)25)10-12-5-7-13(19)8-6-12/h2,5-8,14-15,24-25H,1,3-4,9-11H2,(H,20,23)/t14-,15?/m0/s1. The van der Waals surface area contributed by atoms with Gasteiger partial charge in [0.1, 0.15) is 11.9 Å². The zero-order valence-corrected chi connectivity index (χ0v) is 14.3. The van der Waals surface area contributed by atoms with E-state index in [1.54, 1.807) is 4.90 Å². The Morgan fingerprint density at radius 1 is 1.42 bits per heavy atom. The molecule has 2 amide bonds. The quantitative estimate of drug-likeness (QED) is 0.509. The van der Waals surface area contributed by atoms with Gasteiger partial charge in [0.05, 0.1) is 12.5 Å². The van der Waals surface area contributed by atoms with Gasteiger partial charge in [-0.2, -0.15) is 0 Å². The van der Waals surface area contributed by atoms with Gasteiger partial charge in [-0.05, 0) is 43.0 Å². The number of ether oxygens (including phenoxy) is 1. The molecule has 140 valence electrons. The Morgan fingerprint density at radius 3 is 2.73 bits per heavy atom. The fraction of sp³-hybridized carbons (Fsp3) is 0.412. The lowest BCUT2D eigenvalue weighted by Gasteiger charge is -2.32. The maximum atomic E-state index is 12.9. The highest BCUT2D eigenvalue weighted by molar-refractivity contribution is 6.43. The molecule has 1 aromatic rings. The summed E-state index contributed by atoms with van der Waals surface area (Å²) in [4.78, 5) is 25.3. The van der Waals surface area contributed by atoms with Crippen molar-refractivity contribution in [2.24, 2.45) is 0 Å². The predicted octanol–water partition coefficient (Wildman–Crippen LogP) is 0.652. The summed E-state index contributed by atoms with van der Waals surface area (Å²) in [5.74, 6) is -1.64.